The topological polar surface area (TPSA) is 59.3 Å². The molecule has 5 heteroatoms. The number of fused-ring (bicyclic) bond motifs is 1. The number of hydrogen-bond donors (Lipinski definition) is 1. The Kier molecular flexibility index (Phi) is 4.07. The van der Waals surface area contributed by atoms with Crippen LogP contribution in [0.2, 0.25) is 0 Å². The van der Waals surface area contributed by atoms with Gasteiger partial charge in [0, 0.05) is 22.4 Å². The van der Waals surface area contributed by atoms with E-state index in [9.17, 15) is 19.1 Å². The van der Waals surface area contributed by atoms with E-state index in [2.05, 4.69) is 0 Å². The van der Waals surface area contributed by atoms with E-state index in [-0.39, 0.29) is 17.3 Å². The smallest absolute Gasteiger partial charge is 0.353 e. The predicted molar refractivity (Wildman–Crippen MR) is 98.1 cm³/mol. The van der Waals surface area contributed by atoms with Gasteiger partial charge < -0.3 is 5.11 Å². The quantitative estimate of drug-likeness (QED) is 0.749. The average molecular weight is 351 g/mol. The highest BCUT2D eigenvalue weighted by atomic mass is 19.1. The van der Waals surface area contributed by atoms with Crippen LogP contribution >= 0.6 is 0 Å². The first kappa shape index (κ1) is 16.5. The predicted octanol–water partition coefficient (Wildman–Crippen LogP) is 4.62. The Bertz CT molecular complexity index is 1050. The van der Waals surface area contributed by atoms with E-state index in [0.717, 1.165) is 25.7 Å². The molecule has 4 nitrogen and oxygen atoms in total. The number of aromatic carboxylic acids is 1. The third-order valence-corrected chi connectivity index (χ3v) is 5.13. The molecule has 1 aromatic heterocycles. The van der Waals surface area contributed by atoms with Crippen LogP contribution in [-0.2, 0) is 0 Å². The molecular formula is C21H18FNO3. The summed E-state index contributed by atoms with van der Waals surface area (Å²) in [5.74, 6) is -1.66. The van der Waals surface area contributed by atoms with Crippen molar-refractivity contribution in [1.29, 1.82) is 0 Å². The molecule has 1 N–H and O–H groups in total. The summed E-state index contributed by atoms with van der Waals surface area (Å²) < 4.78 is 15.4. The lowest BCUT2D eigenvalue weighted by molar-refractivity contribution is 0.0682. The Labute approximate surface area is 149 Å². The molecule has 0 amide bonds. The van der Waals surface area contributed by atoms with Gasteiger partial charge in [0.1, 0.15) is 11.5 Å². The summed E-state index contributed by atoms with van der Waals surface area (Å²) in [6, 6.07) is 12.8. The molecule has 0 saturated heterocycles. The maximum absolute atomic E-state index is 13.9. The zero-order valence-electron chi connectivity index (χ0n) is 14.1. The number of rotatable bonds is 3. The van der Waals surface area contributed by atoms with Crippen molar-refractivity contribution >= 4 is 16.7 Å². The summed E-state index contributed by atoms with van der Waals surface area (Å²) in [5.41, 5.74) is 0.654. The third-order valence-electron chi connectivity index (χ3n) is 5.13. The van der Waals surface area contributed by atoms with E-state index in [0.29, 0.717) is 21.9 Å². The lowest BCUT2D eigenvalue weighted by Gasteiger charge is -2.22. The van der Waals surface area contributed by atoms with Gasteiger partial charge in [-0.3, -0.25) is 9.36 Å². The molecule has 1 saturated carbocycles. The summed E-state index contributed by atoms with van der Waals surface area (Å²) >= 11 is 0. The first-order chi connectivity index (χ1) is 12.6. The van der Waals surface area contributed by atoms with Crippen LogP contribution in [0, 0.1) is 5.82 Å². The monoisotopic (exact) mass is 351 g/mol. The number of nitrogens with zero attached hydrogens (tertiary/aromatic N) is 1. The normalized spacial score (nSPS) is 14.8. The molecule has 1 aliphatic carbocycles. The number of carboxylic acids is 1. The highest BCUT2D eigenvalue weighted by molar-refractivity contribution is 6.06. The summed E-state index contributed by atoms with van der Waals surface area (Å²) in [5, 5.41) is 10.7. The zero-order valence-corrected chi connectivity index (χ0v) is 14.1. The van der Waals surface area contributed by atoms with Gasteiger partial charge in [-0.1, -0.05) is 43.2 Å². The van der Waals surface area contributed by atoms with Crippen LogP contribution < -0.4 is 5.56 Å². The Morgan fingerprint density at radius 1 is 1.04 bits per heavy atom. The average Bonchev–Trinajstić information content (AvgIpc) is 3.16. The van der Waals surface area contributed by atoms with Gasteiger partial charge in [0.2, 0.25) is 0 Å². The SMILES string of the molecule is O=C(O)c1c(-c2ccccc2)c2cc(F)ccc2c(=O)n1C1CCCC1. The molecule has 0 spiro atoms. The van der Waals surface area contributed by atoms with Crippen LogP contribution in [0.1, 0.15) is 42.2 Å². The van der Waals surface area contributed by atoms with Crippen LogP contribution in [-0.4, -0.2) is 15.6 Å². The molecule has 0 unspecified atom stereocenters. The summed E-state index contributed by atoms with van der Waals surface area (Å²) in [7, 11) is 0. The molecule has 1 fully saturated rings. The number of carboxylic acid groups (broad SMARTS) is 1. The lowest BCUT2D eigenvalue weighted by Crippen LogP contribution is -2.30. The van der Waals surface area contributed by atoms with Gasteiger partial charge in [0.25, 0.3) is 5.56 Å². The molecule has 2 aromatic carbocycles. The van der Waals surface area contributed by atoms with Crippen molar-refractivity contribution in [1.82, 2.24) is 4.57 Å². The van der Waals surface area contributed by atoms with Crippen molar-refractivity contribution in [2.45, 2.75) is 31.7 Å². The first-order valence-electron chi connectivity index (χ1n) is 8.74. The largest absolute Gasteiger partial charge is 0.477 e. The molecule has 132 valence electrons. The number of aromatic nitrogens is 1. The van der Waals surface area contributed by atoms with E-state index in [4.69, 9.17) is 0 Å². The van der Waals surface area contributed by atoms with E-state index in [1.165, 1.54) is 22.8 Å². The van der Waals surface area contributed by atoms with Crippen LogP contribution in [0.4, 0.5) is 4.39 Å². The van der Waals surface area contributed by atoms with Gasteiger partial charge in [0.05, 0.1) is 0 Å². The number of halogens is 1. The van der Waals surface area contributed by atoms with Gasteiger partial charge in [-0.25, -0.2) is 9.18 Å². The van der Waals surface area contributed by atoms with Crippen LogP contribution in [0.15, 0.2) is 53.3 Å². The van der Waals surface area contributed by atoms with Gasteiger partial charge in [0.15, 0.2) is 0 Å². The summed E-state index contributed by atoms with van der Waals surface area (Å²) in [6.45, 7) is 0. The molecule has 3 aromatic rings. The van der Waals surface area contributed by atoms with Crippen molar-refractivity contribution < 1.29 is 14.3 Å². The van der Waals surface area contributed by atoms with Crippen molar-refractivity contribution in [2.75, 3.05) is 0 Å². The summed E-state index contributed by atoms with van der Waals surface area (Å²) in [6.07, 6.45) is 3.50. The second-order valence-electron chi connectivity index (χ2n) is 6.70. The fraction of sp³-hybridized carbons (Fsp3) is 0.238. The van der Waals surface area contributed by atoms with Gasteiger partial charge in [-0.15, -0.1) is 0 Å². The Morgan fingerprint density at radius 2 is 1.73 bits per heavy atom. The molecular weight excluding hydrogens is 333 g/mol. The fourth-order valence-electron chi connectivity index (χ4n) is 4.01. The Balaban J connectivity index is 2.19. The minimum Gasteiger partial charge on any atom is -0.477 e. The summed E-state index contributed by atoms with van der Waals surface area (Å²) in [4.78, 5) is 25.3. The first-order valence-corrected chi connectivity index (χ1v) is 8.74. The molecule has 0 aliphatic heterocycles. The molecule has 0 atom stereocenters. The van der Waals surface area contributed by atoms with Crippen LogP contribution in [0.3, 0.4) is 0 Å². The van der Waals surface area contributed by atoms with E-state index >= 15 is 0 Å². The maximum Gasteiger partial charge on any atom is 0.353 e. The van der Waals surface area contributed by atoms with Crippen molar-refractivity contribution in [3.05, 3.63) is 70.4 Å². The number of carbonyl (C=O) groups is 1. The van der Waals surface area contributed by atoms with Crippen molar-refractivity contribution in [3.8, 4) is 11.1 Å². The minimum atomic E-state index is -1.17. The standard InChI is InChI=1S/C21H18FNO3/c22-14-10-11-16-17(12-14)18(13-6-2-1-3-7-13)19(21(25)26)23(20(16)24)15-8-4-5-9-15/h1-3,6-7,10-12,15H,4-5,8-9H2,(H,25,26). The van der Waals surface area contributed by atoms with E-state index < -0.39 is 11.8 Å². The molecule has 1 aliphatic rings. The van der Waals surface area contributed by atoms with Crippen LogP contribution in [0.25, 0.3) is 21.9 Å². The number of hydrogen-bond acceptors (Lipinski definition) is 2. The van der Waals surface area contributed by atoms with Gasteiger partial charge >= 0.3 is 5.97 Å². The molecule has 0 radical (unpaired) electrons. The number of pyridine rings is 1. The maximum atomic E-state index is 13.9. The highest BCUT2D eigenvalue weighted by Gasteiger charge is 2.28. The van der Waals surface area contributed by atoms with E-state index in [1.54, 1.807) is 24.3 Å². The molecule has 4 rings (SSSR count). The highest BCUT2D eigenvalue weighted by Crippen LogP contribution is 2.36. The second-order valence-corrected chi connectivity index (χ2v) is 6.70. The Hall–Kier alpha value is -2.95. The van der Waals surface area contributed by atoms with Gasteiger partial charge in [-0.2, -0.15) is 0 Å². The Morgan fingerprint density at radius 3 is 2.38 bits per heavy atom. The second kappa shape index (κ2) is 6.41. The number of benzene rings is 2. The minimum absolute atomic E-state index is 0.0498. The van der Waals surface area contributed by atoms with Crippen LogP contribution in [0.5, 0.6) is 0 Å². The fourth-order valence-corrected chi connectivity index (χ4v) is 4.01. The van der Waals surface area contributed by atoms with Crippen molar-refractivity contribution in [2.24, 2.45) is 0 Å². The zero-order chi connectivity index (χ0) is 18.3. The third kappa shape index (κ3) is 2.60. The molecule has 26 heavy (non-hydrogen) atoms. The van der Waals surface area contributed by atoms with Crippen molar-refractivity contribution in [3.63, 3.8) is 0 Å². The van der Waals surface area contributed by atoms with E-state index in [1.807, 2.05) is 6.07 Å². The molecule has 0 bridgehead atoms. The molecule has 1 heterocycles. The van der Waals surface area contributed by atoms with Gasteiger partial charge in [-0.05, 0) is 36.6 Å². The lowest BCUT2D eigenvalue weighted by atomic mass is 9.95.